The van der Waals surface area contributed by atoms with E-state index in [4.69, 9.17) is 9.16 Å². The molecule has 0 unspecified atom stereocenters. The summed E-state index contributed by atoms with van der Waals surface area (Å²) < 4.78 is 13.1. The maximum Gasteiger partial charge on any atom is 0.410 e. The van der Waals surface area contributed by atoms with Crippen LogP contribution in [-0.2, 0) is 15.7 Å². The molecular weight excluding hydrogens is 611 g/mol. The average Bonchev–Trinajstić information content (AvgIpc) is 3.40. The van der Waals surface area contributed by atoms with Crippen molar-refractivity contribution in [2.75, 3.05) is 6.61 Å². The van der Waals surface area contributed by atoms with E-state index in [1.54, 1.807) is 0 Å². The zero-order valence-corrected chi connectivity index (χ0v) is 31.1. The molecule has 0 aromatic heterocycles. The number of nitrogens with zero attached hydrogens (tertiary/aromatic N) is 1. The summed E-state index contributed by atoms with van der Waals surface area (Å²) in [6.07, 6.45) is 14.3. The number of carbonyl (C=O) groups excluding carboxylic acids is 1. The normalized spacial score (nSPS) is 17.4. The lowest BCUT2D eigenvalue weighted by Gasteiger charge is -2.43. The van der Waals surface area contributed by atoms with Gasteiger partial charge in [0.15, 0.2) is 6.10 Å². The molecule has 1 aliphatic heterocycles. The number of carbonyl (C=O) groups is 1. The van der Waals surface area contributed by atoms with E-state index in [-0.39, 0.29) is 23.8 Å². The molecule has 1 heterocycles. The number of amides is 1. The van der Waals surface area contributed by atoms with Gasteiger partial charge < -0.3 is 14.3 Å². The quantitative estimate of drug-likeness (QED) is 0.0906. The van der Waals surface area contributed by atoms with Crippen molar-refractivity contribution >= 4 is 24.8 Å². The Labute approximate surface area is 292 Å². The lowest BCUT2D eigenvalue weighted by molar-refractivity contribution is -0.0118. The second-order valence-electron chi connectivity index (χ2n) is 14.7. The van der Waals surface area contributed by atoms with Crippen LogP contribution in [0.25, 0.3) is 0 Å². The molecule has 0 saturated carbocycles. The third kappa shape index (κ3) is 10.3. The predicted molar refractivity (Wildman–Crippen MR) is 201 cm³/mol. The molecule has 48 heavy (non-hydrogen) atoms. The first-order valence-corrected chi connectivity index (χ1v) is 20.6. The molecule has 1 fully saturated rings. The van der Waals surface area contributed by atoms with Gasteiger partial charge >= 0.3 is 6.09 Å². The predicted octanol–water partition coefficient (Wildman–Crippen LogP) is 9.40. The van der Waals surface area contributed by atoms with Crippen LogP contribution < -0.4 is 10.4 Å². The molecule has 1 aliphatic rings. The van der Waals surface area contributed by atoms with Gasteiger partial charge in [0.1, 0.15) is 6.10 Å². The highest BCUT2D eigenvalue weighted by Crippen LogP contribution is 2.37. The standard InChI is InChI=1S/C42H61NO4Si/c1-5-6-7-8-9-10-11-12-13-14-15-25-32-38-40(47-41(45)43(38)33-35-26-19-16-20-27-35)39(44)34-46-48(42(2,3)4,36-28-21-17-22-29-36)37-30-23-18-24-31-37/h16-24,26-31,38-40,44H,5-15,25,32-34H2,1-4H3/t38-,39-,40+/m0/s1. The Balaban J connectivity index is 1.43. The van der Waals surface area contributed by atoms with E-state index in [0.29, 0.717) is 6.54 Å². The number of rotatable bonds is 21. The second kappa shape index (κ2) is 19.3. The molecule has 0 bridgehead atoms. The van der Waals surface area contributed by atoms with Crippen molar-refractivity contribution in [3.63, 3.8) is 0 Å². The maximum atomic E-state index is 13.4. The van der Waals surface area contributed by atoms with E-state index < -0.39 is 20.5 Å². The number of benzene rings is 3. The second-order valence-corrected chi connectivity index (χ2v) is 19.1. The maximum absolute atomic E-state index is 13.4. The van der Waals surface area contributed by atoms with Crippen LogP contribution >= 0.6 is 0 Å². The molecule has 3 aromatic carbocycles. The van der Waals surface area contributed by atoms with Gasteiger partial charge in [-0.25, -0.2) is 4.79 Å². The molecule has 262 valence electrons. The van der Waals surface area contributed by atoms with Crippen molar-refractivity contribution in [3.8, 4) is 0 Å². The van der Waals surface area contributed by atoms with Gasteiger partial charge in [-0.3, -0.25) is 4.90 Å². The summed E-state index contributed by atoms with van der Waals surface area (Å²) in [6, 6.07) is 30.8. The zero-order chi connectivity index (χ0) is 34.2. The summed E-state index contributed by atoms with van der Waals surface area (Å²) in [5.41, 5.74) is 1.06. The SMILES string of the molecule is CCCCCCCCCCCCCC[C@H]1[C@H]([C@@H](O)CO[Si](c2ccccc2)(c2ccccc2)C(C)(C)C)OC(=O)N1Cc1ccccc1. The van der Waals surface area contributed by atoms with E-state index >= 15 is 0 Å². The first-order valence-electron chi connectivity index (χ1n) is 18.7. The molecule has 1 saturated heterocycles. The van der Waals surface area contributed by atoms with Crippen LogP contribution in [0.2, 0.25) is 5.04 Å². The number of aliphatic hydroxyl groups is 1. The van der Waals surface area contributed by atoms with Crippen LogP contribution in [0.1, 0.15) is 117 Å². The summed E-state index contributed by atoms with van der Waals surface area (Å²) in [5.74, 6) is 0. The smallest absolute Gasteiger partial charge is 0.410 e. The van der Waals surface area contributed by atoms with Gasteiger partial charge in [-0.2, -0.15) is 0 Å². The Kier molecular flexibility index (Phi) is 15.2. The summed E-state index contributed by atoms with van der Waals surface area (Å²) in [5, 5.41) is 13.9. The molecule has 0 radical (unpaired) electrons. The summed E-state index contributed by atoms with van der Waals surface area (Å²) in [4.78, 5) is 15.2. The first-order chi connectivity index (χ1) is 23.3. The van der Waals surface area contributed by atoms with Gasteiger partial charge in [-0.1, -0.05) is 196 Å². The van der Waals surface area contributed by atoms with Gasteiger partial charge in [-0.05, 0) is 27.4 Å². The van der Waals surface area contributed by atoms with E-state index in [0.717, 1.165) is 35.2 Å². The number of unbranched alkanes of at least 4 members (excludes halogenated alkanes) is 11. The fraction of sp³-hybridized carbons (Fsp3) is 0.548. The van der Waals surface area contributed by atoms with Crippen LogP contribution in [0.4, 0.5) is 4.79 Å². The Morgan fingerprint density at radius 2 is 1.19 bits per heavy atom. The zero-order valence-electron chi connectivity index (χ0n) is 30.1. The van der Waals surface area contributed by atoms with Crippen molar-refractivity contribution in [2.24, 2.45) is 0 Å². The molecule has 5 nitrogen and oxygen atoms in total. The highest BCUT2D eigenvalue weighted by Gasteiger charge is 2.52. The van der Waals surface area contributed by atoms with Gasteiger partial charge in [0.25, 0.3) is 8.32 Å². The van der Waals surface area contributed by atoms with Crippen LogP contribution in [0.3, 0.4) is 0 Å². The fourth-order valence-corrected chi connectivity index (χ4v) is 12.0. The number of aliphatic hydroxyl groups excluding tert-OH is 1. The van der Waals surface area contributed by atoms with Gasteiger partial charge in [0.05, 0.1) is 12.6 Å². The molecule has 6 heteroatoms. The molecule has 3 atom stereocenters. The average molecular weight is 672 g/mol. The highest BCUT2D eigenvalue weighted by atomic mass is 28.4. The number of ether oxygens (including phenoxy) is 1. The molecule has 0 aliphatic carbocycles. The van der Waals surface area contributed by atoms with Crippen molar-refractivity contribution in [3.05, 3.63) is 96.6 Å². The third-order valence-electron chi connectivity index (χ3n) is 10.1. The third-order valence-corrected chi connectivity index (χ3v) is 15.1. The van der Waals surface area contributed by atoms with E-state index in [1.807, 2.05) is 47.4 Å². The lowest BCUT2D eigenvalue weighted by Crippen LogP contribution is -2.67. The van der Waals surface area contributed by atoms with Crippen molar-refractivity contribution in [1.29, 1.82) is 0 Å². The minimum Gasteiger partial charge on any atom is -0.441 e. The Morgan fingerprint density at radius 3 is 1.67 bits per heavy atom. The largest absolute Gasteiger partial charge is 0.441 e. The number of hydrogen-bond donors (Lipinski definition) is 1. The summed E-state index contributed by atoms with van der Waals surface area (Å²) in [7, 11) is -2.85. The van der Waals surface area contributed by atoms with Gasteiger partial charge in [0, 0.05) is 6.54 Å². The highest BCUT2D eigenvalue weighted by molar-refractivity contribution is 6.99. The Bertz CT molecular complexity index is 1270. The van der Waals surface area contributed by atoms with E-state index in [9.17, 15) is 9.90 Å². The van der Waals surface area contributed by atoms with Crippen molar-refractivity contribution in [2.45, 2.75) is 141 Å². The molecular formula is C42H61NO4Si. The van der Waals surface area contributed by atoms with E-state index in [2.05, 4.69) is 76.2 Å². The van der Waals surface area contributed by atoms with Crippen LogP contribution in [0.15, 0.2) is 91.0 Å². The fourth-order valence-electron chi connectivity index (χ4n) is 7.45. The Hall–Kier alpha value is -2.93. The number of hydrogen-bond acceptors (Lipinski definition) is 4. The molecule has 3 aromatic rings. The lowest BCUT2D eigenvalue weighted by atomic mass is 9.97. The van der Waals surface area contributed by atoms with Crippen LogP contribution in [0.5, 0.6) is 0 Å². The molecule has 1 N–H and O–H groups in total. The van der Waals surface area contributed by atoms with Gasteiger partial charge in [-0.15, -0.1) is 0 Å². The van der Waals surface area contributed by atoms with Crippen LogP contribution in [0, 0.1) is 0 Å². The Morgan fingerprint density at radius 1 is 0.729 bits per heavy atom. The van der Waals surface area contributed by atoms with Crippen molar-refractivity contribution in [1.82, 2.24) is 4.90 Å². The monoisotopic (exact) mass is 671 g/mol. The van der Waals surface area contributed by atoms with Crippen LogP contribution in [-0.4, -0.2) is 49.3 Å². The molecule has 1 amide bonds. The molecule has 4 rings (SSSR count). The number of cyclic esters (lactones) is 1. The minimum atomic E-state index is -2.85. The van der Waals surface area contributed by atoms with Gasteiger partial charge in [0.2, 0.25) is 0 Å². The van der Waals surface area contributed by atoms with E-state index in [1.165, 1.54) is 64.2 Å². The minimum absolute atomic E-state index is 0.0966. The summed E-state index contributed by atoms with van der Waals surface area (Å²) in [6.45, 7) is 9.55. The molecule has 0 spiro atoms. The summed E-state index contributed by atoms with van der Waals surface area (Å²) >= 11 is 0. The topological polar surface area (TPSA) is 59.0 Å². The first kappa shape index (κ1) is 37.9. The van der Waals surface area contributed by atoms with Crippen molar-refractivity contribution < 1.29 is 19.1 Å².